The van der Waals surface area contributed by atoms with E-state index in [9.17, 15) is 0 Å². The van der Waals surface area contributed by atoms with Crippen LogP contribution in [-0.4, -0.2) is 0 Å². The van der Waals surface area contributed by atoms with Crippen molar-refractivity contribution in [3.8, 4) is 0 Å². The summed E-state index contributed by atoms with van der Waals surface area (Å²) in [5.74, 6) is 0.551. The van der Waals surface area contributed by atoms with Crippen LogP contribution in [-0.2, 0) is 0 Å². The molecule has 0 saturated heterocycles. The number of unbranched alkanes of at least 4 members (excludes halogenated alkanes) is 11. The molecule has 0 aromatic heterocycles. The maximum absolute atomic E-state index is 2.29. The van der Waals surface area contributed by atoms with Gasteiger partial charge in [0.05, 0.1) is 0 Å². The molecule has 0 radical (unpaired) electrons. The molecule has 2 aromatic rings. The molecule has 0 bridgehead atoms. The standard InChI is InChI=1S/C27H40/c1-2-3-4-5-6-7-8-9-10-11-12-19-24-27(25-20-15-13-16-21-25)26-22-17-14-18-23-26/h13-18,20-23,27H,2-12,19,24H2,1H3. The predicted octanol–water partition coefficient (Wildman–Crippen LogP) is 8.91. The molecular formula is C27H40. The van der Waals surface area contributed by atoms with Gasteiger partial charge in [-0.3, -0.25) is 0 Å². The zero-order chi connectivity index (χ0) is 19.0. The van der Waals surface area contributed by atoms with Crippen LogP contribution in [0.25, 0.3) is 0 Å². The van der Waals surface area contributed by atoms with E-state index in [0.717, 1.165) is 0 Å². The summed E-state index contributed by atoms with van der Waals surface area (Å²) in [6.45, 7) is 2.29. The molecule has 0 heteroatoms. The Bertz CT molecular complexity index is 518. The van der Waals surface area contributed by atoms with Gasteiger partial charge < -0.3 is 0 Å². The van der Waals surface area contributed by atoms with Crippen LogP contribution in [0.1, 0.15) is 107 Å². The van der Waals surface area contributed by atoms with Crippen LogP contribution in [0.2, 0.25) is 0 Å². The first kappa shape index (κ1) is 21.7. The molecule has 0 aliphatic heterocycles. The Kier molecular flexibility index (Phi) is 11.7. The van der Waals surface area contributed by atoms with Gasteiger partial charge in [-0.15, -0.1) is 0 Å². The van der Waals surface area contributed by atoms with Crippen molar-refractivity contribution in [1.82, 2.24) is 0 Å². The first-order valence-corrected chi connectivity index (χ1v) is 11.5. The van der Waals surface area contributed by atoms with Gasteiger partial charge in [-0.1, -0.05) is 145 Å². The number of hydrogen-bond donors (Lipinski definition) is 0. The third-order valence-electron chi connectivity index (χ3n) is 5.75. The first-order valence-electron chi connectivity index (χ1n) is 11.5. The van der Waals surface area contributed by atoms with Crippen molar-refractivity contribution in [2.45, 2.75) is 96.3 Å². The van der Waals surface area contributed by atoms with Crippen molar-refractivity contribution in [2.24, 2.45) is 0 Å². The van der Waals surface area contributed by atoms with E-state index in [1.54, 1.807) is 0 Å². The summed E-state index contributed by atoms with van der Waals surface area (Å²) >= 11 is 0. The van der Waals surface area contributed by atoms with Crippen molar-refractivity contribution < 1.29 is 0 Å². The third-order valence-corrected chi connectivity index (χ3v) is 5.75. The summed E-state index contributed by atoms with van der Waals surface area (Å²) in [6.07, 6.45) is 18.3. The van der Waals surface area contributed by atoms with Crippen LogP contribution in [0.15, 0.2) is 60.7 Å². The molecule has 0 N–H and O–H groups in total. The molecule has 0 aliphatic carbocycles. The SMILES string of the molecule is CCCCCCCCCCCCCCC(c1ccccc1)c1ccccc1. The highest BCUT2D eigenvalue weighted by Crippen LogP contribution is 2.30. The average Bonchev–Trinajstić information content (AvgIpc) is 2.73. The molecule has 0 spiro atoms. The minimum atomic E-state index is 0.551. The van der Waals surface area contributed by atoms with Gasteiger partial charge >= 0.3 is 0 Å². The molecule has 2 rings (SSSR count). The molecule has 0 atom stereocenters. The lowest BCUT2D eigenvalue weighted by Crippen LogP contribution is -2.01. The molecule has 0 unspecified atom stereocenters. The third kappa shape index (κ3) is 9.27. The van der Waals surface area contributed by atoms with E-state index < -0.39 is 0 Å². The summed E-state index contributed by atoms with van der Waals surface area (Å²) < 4.78 is 0. The van der Waals surface area contributed by atoms with Crippen molar-refractivity contribution >= 4 is 0 Å². The van der Waals surface area contributed by atoms with Gasteiger partial charge in [0.2, 0.25) is 0 Å². The van der Waals surface area contributed by atoms with Crippen LogP contribution in [0.5, 0.6) is 0 Å². The monoisotopic (exact) mass is 364 g/mol. The lowest BCUT2D eigenvalue weighted by molar-refractivity contribution is 0.533. The fourth-order valence-corrected chi connectivity index (χ4v) is 4.09. The summed E-state index contributed by atoms with van der Waals surface area (Å²) in [5, 5.41) is 0. The Morgan fingerprint density at radius 2 is 0.852 bits per heavy atom. The van der Waals surface area contributed by atoms with Gasteiger partial charge in [0.15, 0.2) is 0 Å². The van der Waals surface area contributed by atoms with Crippen molar-refractivity contribution in [1.29, 1.82) is 0 Å². The van der Waals surface area contributed by atoms with Crippen molar-refractivity contribution in [3.05, 3.63) is 71.8 Å². The van der Waals surface area contributed by atoms with Crippen LogP contribution >= 0.6 is 0 Å². The van der Waals surface area contributed by atoms with Crippen LogP contribution in [0.4, 0.5) is 0 Å². The number of hydrogen-bond acceptors (Lipinski definition) is 0. The molecule has 2 aromatic carbocycles. The zero-order valence-electron chi connectivity index (χ0n) is 17.5. The molecule has 0 nitrogen and oxygen atoms in total. The van der Waals surface area contributed by atoms with Crippen LogP contribution in [0, 0.1) is 0 Å². The van der Waals surface area contributed by atoms with E-state index in [1.807, 2.05) is 0 Å². The summed E-state index contributed by atoms with van der Waals surface area (Å²) in [5.41, 5.74) is 2.93. The predicted molar refractivity (Wildman–Crippen MR) is 120 cm³/mol. The smallest absolute Gasteiger partial charge is 0.00893 e. The highest BCUT2D eigenvalue weighted by Gasteiger charge is 2.13. The second kappa shape index (κ2) is 14.5. The van der Waals surface area contributed by atoms with E-state index in [1.165, 1.54) is 94.6 Å². The zero-order valence-corrected chi connectivity index (χ0v) is 17.5. The normalized spacial score (nSPS) is 11.2. The quantitative estimate of drug-likeness (QED) is 0.277. The molecule has 0 heterocycles. The van der Waals surface area contributed by atoms with Crippen LogP contribution in [0.3, 0.4) is 0 Å². The van der Waals surface area contributed by atoms with E-state index >= 15 is 0 Å². The Labute approximate surface area is 168 Å². The Morgan fingerprint density at radius 1 is 0.481 bits per heavy atom. The molecule has 27 heavy (non-hydrogen) atoms. The van der Waals surface area contributed by atoms with Gasteiger partial charge in [0, 0.05) is 5.92 Å². The lowest BCUT2D eigenvalue weighted by atomic mass is 9.87. The molecule has 148 valence electrons. The maximum atomic E-state index is 2.29. The van der Waals surface area contributed by atoms with Gasteiger partial charge in [0.1, 0.15) is 0 Å². The van der Waals surface area contributed by atoms with Crippen molar-refractivity contribution in [2.75, 3.05) is 0 Å². The fourth-order valence-electron chi connectivity index (χ4n) is 4.09. The molecule has 0 aliphatic rings. The molecule has 0 amide bonds. The van der Waals surface area contributed by atoms with E-state index in [0.29, 0.717) is 5.92 Å². The Hall–Kier alpha value is -1.56. The maximum Gasteiger partial charge on any atom is 0.00893 e. The van der Waals surface area contributed by atoms with Gasteiger partial charge in [0.25, 0.3) is 0 Å². The fraction of sp³-hybridized carbons (Fsp3) is 0.556. The highest BCUT2D eigenvalue weighted by molar-refractivity contribution is 5.32. The molecule has 0 fully saturated rings. The van der Waals surface area contributed by atoms with E-state index in [4.69, 9.17) is 0 Å². The number of rotatable bonds is 15. The second-order valence-electron chi connectivity index (χ2n) is 8.05. The minimum absolute atomic E-state index is 0.551. The summed E-state index contributed by atoms with van der Waals surface area (Å²) in [7, 11) is 0. The highest BCUT2D eigenvalue weighted by atomic mass is 14.2. The Balaban J connectivity index is 1.60. The van der Waals surface area contributed by atoms with Crippen molar-refractivity contribution in [3.63, 3.8) is 0 Å². The number of benzene rings is 2. The van der Waals surface area contributed by atoms with Gasteiger partial charge in [-0.2, -0.15) is 0 Å². The molecule has 0 saturated carbocycles. The largest absolute Gasteiger partial charge is 0.0654 e. The Morgan fingerprint density at radius 3 is 1.26 bits per heavy atom. The topological polar surface area (TPSA) is 0 Å². The lowest BCUT2D eigenvalue weighted by Gasteiger charge is -2.18. The minimum Gasteiger partial charge on any atom is -0.0654 e. The van der Waals surface area contributed by atoms with Crippen LogP contribution < -0.4 is 0 Å². The van der Waals surface area contributed by atoms with Gasteiger partial charge in [-0.25, -0.2) is 0 Å². The first-order chi connectivity index (χ1) is 13.4. The summed E-state index contributed by atoms with van der Waals surface area (Å²) in [6, 6.07) is 22.1. The second-order valence-corrected chi connectivity index (χ2v) is 8.05. The molecular weight excluding hydrogens is 324 g/mol. The van der Waals surface area contributed by atoms with E-state index in [2.05, 4.69) is 67.6 Å². The average molecular weight is 365 g/mol. The van der Waals surface area contributed by atoms with Gasteiger partial charge in [-0.05, 0) is 17.5 Å². The summed E-state index contributed by atoms with van der Waals surface area (Å²) in [4.78, 5) is 0. The van der Waals surface area contributed by atoms with E-state index in [-0.39, 0.29) is 0 Å².